The highest BCUT2D eigenvalue weighted by Gasteiger charge is 2.16. The average Bonchev–Trinajstić information content (AvgIpc) is 2.82. The number of thiazole rings is 1. The molecule has 0 aliphatic heterocycles. The lowest BCUT2D eigenvalue weighted by molar-refractivity contribution is 0.0691. The smallest absolute Gasteiger partial charge is 0.338 e. The van der Waals surface area contributed by atoms with Crippen LogP contribution in [0.5, 0.6) is 0 Å². The van der Waals surface area contributed by atoms with Crippen molar-refractivity contribution in [2.75, 3.05) is 0 Å². The second-order valence-corrected chi connectivity index (χ2v) is 6.13. The van der Waals surface area contributed by atoms with Crippen LogP contribution in [0.3, 0.4) is 0 Å². The van der Waals surface area contributed by atoms with E-state index in [4.69, 9.17) is 5.11 Å². The number of aromatic carboxylic acids is 1. The maximum Gasteiger partial charge on any atom is 0.338 e. The van der Waals surface area contributed by atoms with E-state index in [9.17, 15) is 9.18 Å². The molecular weight excluding hydrogens is 299 g/mol. The Morgan fingerprint density at radius 3 is 2.90 bits per heavy atom. The summed E-state index contributed by atoms with van der Waals surface area (Å²) in [6, 6.07) is 8.58. The Bertz CT molecular complexity index is 771. The van der Waals surface area contributed by atoms with Crippen LogP contribution >= 0.6 is 23.1 Å². The molecule has 3 aromatic rings. The van der Waals surface area contributed by atoms with Gasteiger partial charge in [0.2, 0.25) is 0 Å². The fourth-order valence-electron chi connectivity index (χ4n) is 1.64. The third kappa shape index (κ3) is 2.50. The van der Waals surface area contributed by atoms with Crippen LogP contribution in [0.25, 0.3) is 10.2 Å². The number of nitrogens with zero attached hydrogens (tertiary/aromatic N) is 2. The summed E-state index contributed by atoms with van der Waals surface area (Å²) in [6.07, 6.45) is 1.00. The Hall–Kier alpha value is -1.99. The standard InChI is InChI=1S/C13H7FN2O2S2/c14-7-5-8(12(17)18)11(15-6-7)20-13-16-9-3-1-2-4-10(9)19-13/h1-6H,(H,17,18). The summed E-state index contributed by atoms with van der Waals surface area (Å²) in [5.74, 6) is -1.88. The van der Waals surface area contributed by atoms with Crippen LogP contribution in [0.15, 0.2) is 45.9 Å². The molecule has 1 N–H and O–H groups in total. The van der Waals surface area contributed by atoms with Gasteiger partial charge in [0.15, 0.2) is 4.34 Å². The molecule has 0 saturated carbocycles. The Morgan fingerprint density at radius 2 is 2.15 bits per heavy atom. The second-order valence-electron chi connectivity index (χ2n) is 3.86. The Labute approximate surface area is 121 Å². The van der Waals surface area contributed by atoms with E-state index in [0.717, 1.165) is 34.2 Å². The van der Waals surface area contributed by atoms with Gasteiger partial charge >= 0.3 is 5.97 Å². The molecule has 0 bridgehead atoms. The lowest BCUT2D eigenvalue weighted by Crippen LogP contribution is -2.01. The minimum atomic E-state index is -1.21. The lowest BCUT2D eigenvalue weighted by atomic mass is 10.3. The Kier molecular flexibility index (Phi) is 3.37. The van der Waals surface area contributed by atoms with Crippen molar-refractivity contribution in [1.29, 1.82) is 0 Å². The van der Waals surface area contributed by atoms with Crippen molar-refractivity contribution >= 4 is 39.3 Å². The van der Waals surface area contributed by atoms with Gasteiger partial charge in [-0.15, -0.1) is 11.3 Å². The molecule has 4 nitrogen and oxygen atoms in total. The summed E-state index contributed by atoms with van der Waals surface area (Å²) >= 11 is 2.57. The maximum atomic E-state index is 13.1. The molecule has 7 heteroatoms. The maximum absolute atomic E-state index is 13.1. The van der Waals surface area contributed by atoms with Crippen molar-refractivity contribution in [3.8, 4) is 0 Å². The summed E-state index contributed by atoms with van der Waals surface area (Å²) in [7, 11) is 0. The van der Waals surface area contributed by atoms with Crippen molar-refractivity contribution in [3.05, 3.63) is 47.9 Å². The van der Waals surface area contributed by atoms with E-state index in [0.29, 0.717) is 4.34 Å². The number of benzene rings is 1. The quantitative estimate of drug-likeness (QED) is 0.799. The predicted molar refractivity (Wildman–Crippen MR) is 74.9 cm³/mol. The van der Waals surface area contributed by atoms with Crippen LogP contribution in [0.4, 0.5) is 4.39 Å². The third-order valence-corrected chi connectivity index (χ3v) is 4.62. The van der Waals surface area contributed by atoms with Crippen LogP contribution in [0.2, 0.25) is 0 Å². The minimum absolute atomic E-state index is 0.158. The number of hydrogen-bond donors (Lipinski definition) is 1. The summed E-state index contributed by atoms with van der Waals surface area (Å²) in [5.41, 5.74) is 0.688. The van der Waals surface area contributed by atoms with Crippen molar-refractivity contribution < 1.29 is 14.3 Å². The van der Waals surface area contributed by atoms with Gasteiger partial charge in [0.1, 0.15) is 10.8 Å². The van der Waals surface area contributed by atoms with Gasteiger partial charge in [0, 0.05) is 0 Å². The molecule has 0 radical (unpaired) electrons. The van der Waals surface area contributed by atoms with Crippen molar-refractivity contribution in [2.24, 2.45) is 0 Å². The lowest BCUT2D eigenvalue weighted by Gasteiger charge is -2.01. The Balaban J connectivity index is 2.00. The molecule has 0 spiro atoms. The van der Waals surface area contributed by atoms with Gasteiger partial charge in [-0.3, -0.25) is 0 Å². The number of carboxylic acids is 1. The first kappa shape index (κ1) is 13.0. The highest BCUT2D eigenvalue weighted by atomic mass is 32.2. The molecule has 3 rings (SSSR count). The van der Waals surface area contributed by atoms with Gasteiger partial charge < -0.3 is 5.11 Å². The highest BCUT2D eigenvalue weighted by Crippen LogP contribution is 2.34. The number of aromatic nitrogens is 2. The molecule has 0 unspecified atom stereocenters. The van der Waals surface area contributed by atoms with Gasteiger partial charge in [-0.05, 0) is 30.0 Å². The highest BCUT2D eigenvalue weighted by molar-refractivity contribution is 8.01. The zero-order valence-electron chi connectivity index (χ0n) is 9.91. The van der Waals surface area contributed by atoms with E-state index >= 15 is 0 Å². The molecule has 2 heterocycles. The van der Waals surface area contributed by atoms with Gasteiger partial charge in [0.05, 0.1) is 22.0 Å². The van der Waals surface area contributed by atoms with Gasteiger partial charge in [-0.25, -0.2) is 19.2 Å². The molecule has 0 atom stereocenters. The van der Waals surface area contributed by atoms with Crippen LogP contribution in [-0.2, 0) is 0 Å². The fraction of sp³-hybridized carbons (Fsp3) is 0. The average molecular weight is 306 g/mol. The van der Waals surface area contributed by atoms with Crippen LogP contribution in [0.1, 0.15) is 10.4 Å². The largest absolute Gasteiger partial charge is 0.478 e. The second kappa shape index (κ2) is 5.18. The fourth-order valence-corrected chi connectivity index (χ4v) is 3.68. The summed E-state index contributed by atoms with van der Waals surface area (Å²) in [6.45, 7) is 0. The van der Waals surface area contributed by atoms with Crippen LogP contribution in [0, 0.1) is 5.82 Å². The monoisotopic (exact) mass is 306 g/mol. The molecule has 0 fully saturated rings. The van der Waals surface area contributed by atoms with Gasteiger partial charge in [-0.2, -0.15) is 0 Å². The number of fused-ring (bicyclic) bond motifs is 1. The molecule has 0 aliphatic rings. The van der Waals surface area contributed by atoms with E-state index in [-0.39, 0.29) is 10.6 Å². The normalized spacial score (nSPS) is 10.8. The van der Waals surface area contributed by atoms with E-state index in [2.05, 4.69) is 9.97 Å². The zero-order chi connectivity index (χ0) is 14.1. The topological polar surface area (TPSA) is 63.1 Å². The first-order chi connectivity index (χ1) is 9.63. The van der Waals surface area contributed by atoms with Gasteiger partial charge in [0.25, 0.3) is 0 Å². The zero-order valence-corrected chi connectivity index (χ0v) is 11.5. The molecule has 0 aliphatic carbocycles. The number of carbonyl (C=O) groups is 1. The Morgan fingerprint density at radius 1 is 1.35 bits per heavy atom. The number of halogens is 1. The summed E-state index contributed by atoms with van der Waals surface area (Å²) < 4.78 is 14.7. The summed E-state index contributed by atoms with van der Waals surface area (Å²) in [5, 5.41) is 9.31. The number of rotatable bonds is 3. The van der Waals surface area contributed by atoms with Crippen LogP contribution in [-0.4, -0.2) is 21.0 Å². The van der Waals surface area contributed by atoms with Crippen molar-refractivity contribution in [2.45, 2.75) is 9.37 Å². The first-order valence-electron chi connectivity index (χ1n) is 5.56. The van der Waals surface area contributed by atoms with E-state index in [1.54, 1.807) is 0 Å². The third-order valence-electron chi connectivity index (χ3n) is 2.51. The summed E-state index contributed by atoms with van der Waals surface area (Å²) in [4.78, 5) is 19.3. The van der Waals surface area contributed by atoms with E-state index < -0.39 is 11.8 Å². The molecule has 20 heavy (non-hydrogen) atoms. The van der Waals surface area contributed by atoms with E-state index in [1.807, 2.05) is 24.3 Å². The number of para-hydroxylation sites is 1. The molecular formula is C13H7FN2O2S2. The molecule has 2 aromatic heterocycles. The number of hydrogen-bond acceptors (Lipinski definition) is 5. The number of carboxylic acid groups (broad SMARTS) is 1. The first-order valence-corrected chi connectivity index (χ1v) is 7.19. The minimum Gasteiger partial charge on any atom is -0.478 e. The van der Waals surface area contributed by atoms with Crippen LogP contribution < -0.4 is 0 Å². The van der Waals surface area contributed by atoms with Gasteiger partial charge in [-0.1, -0.05) is 12.1 Å². The number of pyridine rings is 1. The SMILES string of the molecule is O=C(O)c1cc(F)cnc1Sc1nc2ccccc2s1. The van der Waals surface area contributed by atoms with Crippen molar-refractivity contribution in [1.82, 2.24) is 9.97 Å². The molecule has 0 amide bonds. The molecule has 0 saturated heterocycles. The predicted octanol–water partition coefficient (Wildman–Crippen LogP) is 3.68. The molecule has 1 aromatic carbocycles. The van der Waals surface area contributed by atoms with E-state index in [1.165, 1.54) is 11.3 Å². The molecule has 100 valence electrons. The van der Waals surface area contributed by atoms with Crippen molar-refractivity contribution in [3.63, 3.8) is 0 Å².